The van der Waals surface area contributed by atoms with Gasteiger partial charge in [0.1, 0.15) is 6.04 Å². The number of primary amides is 1. The molecule has 2 aromatic carbocycles. The van der Waals surface area contributed by atoms with E-state index in [1.165, 1.54) is 12.1 Å². The third kappa shape index (κ3) is 4.34. The Morgan fingerprint density at radius 1 is 1.00 bits per heavy atom. The molecule has 0 saturated carbocycles. The quantitative estimate of drug-likeness (QED) is 0.881. The molecule has 0 aliphatic heterocycles. The van der Waals surface area contributed by atoms with Gasteiger partial charge in [0.15, 0.2) is 0 Å². The number of carbonyl (C=O) groups excluding carboxylic acids is 2. The molecule has 2 rings (SSSR count). The van der Waals surface area contributed by atoms with Crippen LogP contribution in [0.15, 0.2) is 54.6 Å². The monoisotopic (exact) mass is 336 g/mol. The van der Waals surface area contributed by atoms with Gasteiger partial charge in [0.25, 0.3) is 5.91 Å². The number of hydrogen-bond donors (Lipinski definition) is 2. The molecular weight excluding hydrogens is 321 g/mol. The first-order chi connectivity index (χ1) is 11.3. The predicted octanol–water partition coefficient (Wildman–Crippen LogP) is 2.53. The van der Waals surface area contributed by atoms with E-state index >= 15 is 0 Å². The van der Waals surface area contributed by atoms with Gasteiger partial charge in [-0.25, -0.2) is 0 Å². The van der Waals surface area contributed by atoms with E-state index in [0.717, 1.165) is 17.7 Å². The van der Waals surface area contributed by atoms with Crippen LogP contribution in [0.3, 0.4) is 0 Å². The van der Waals surface area contributed by atoms with Crippen molar-refractivity contribution < 1.29 is 22.8 Å². The van der Waals surface area contributed by atoms with Gasteiger partial charge in [-0.3, -0.25) is 9.59 Å². The summed E-state index contributed by atoms with van der Waals surface area (Å²) in [6.07, 6.45) is -4.58. The van der Waals surface area contributed by atoms with E-state index in [4.69, 9.17) is 5.73 Å². The van der Waals surface area contributed by atoms with Gasteiger partial charge in [-0.1, -0.05) is 42.5 Å². The third-order valence-corrected chi connectivity index (χ3v) is 3.41. The summed E-state index contributed by atoms with van der Waals surface area (Å²) in [7, 11) is 0. The Labute approximate surface area is 136 Å². The van der Waals surface area contributed by atoms with E-state index in [0.29, 0.717) is 0 Å². The Balaban J connectivity index is 2.22. The number of carbonyl (C=O) groups is 2. The third-order valence-electron chi connectivity index (χ3n) is 3.41. The number of alkyl halides is 3. The van der Waals surface area contributed by atoms with E-state index < -0.39 is 35.2 Å². The summed E-state index contributed by atoms with van der Waals surface area (Å²) in [6.45, 7) is 0. The lowest BCUT2D eigenvalue weighted by Gasteiger charge is -2.18. The Hall–Kier alpha value is -2.83. The first-order valence-electron chi connectivity index (χ1n) is 7.09. The maximum absolute atomic E-state index is 13.0. The maximum atomic E-state index is 13.0. The van der Waals surface area contributed by atoms with Gasteiger partial charge in [0, 0.05) is 6.42 Å². The molecule has 24 heavy (non-hydrogen) atoms. The molecule has 3 N–H and O–H groups in total. The van der Waals surface area contributed by atoms with Gasteiger partial charge in [-0.15, -0.1) is 0 Å². The Morgan fingerprint density at radius 2 is 1.58 bits per heavy atom. The van der Waals surface area contributed by atoms with Gasteiger partial charge in [-0.05, 0) is 17.7 Å². The van der Waals surface area contributed by atoms with Crippen LogP contribution in [-0.2, 0) is 17.4 Å². The number of nitrogens with two attached hydrogens (primary N) is 1. The number of rotatable bonds is 5. The summed E-state index contributed by atoms with van der Waals surface area (Å²) in [6, 6.07) is 12.0. The molecule has 0 aliphatic rings. The van der Waals surface area contributed by atoms with Crippen LogP contribution in [0.4, 0.5) is 13.2 Å². The number of benzene rings is 2. The largest absolute Gasteiger partial charge is 0.417 e. The van der Waals surface area contributed by atoms with Crippen LogP contribution in [0, 0.1) is 0 Å². The van der Waals surface area contributed by atoms with Gasteiger partial charge >= 0.3 is 6.18 Å². The van der Waals surface area contributed by atoms with Crippen LogP contribution in [0.5, 0.6) is 0 Å². The highest BCUT2D eigenvalue weighted by atomic mass is 19.4. The molecule has 2 aromatic rings. The fraction of sp³-hybridized carbons (Fsp3) is 0.176. The summed E-state index contributed by atoms with van der Waals surface area (Å²) in [5, 5.41) is 2.28. The van der Waals surface area contributed by atoms with Crippen molar-refractivity contribution in [1.29, 1.82) is 0 Å². The van der Waals surface area contributed by atoms with E-state index in [1.807, 2.05) is 0 Å². The average Bonchev–Trinajstić information content (AvgIpc) is 2.54. The zero-order valence-corrected chi connectivity index (χ0v) is 12.5. The number of hydrogen-bond acceptors (Lipinski definition) is 2. The zero-order chi connectivity index (χ0) is 17.7. The molecule has 0 spiro atoms. The van der Waals surface area contributed by atoms with Gasteiger partial charge in [0.2, 0.25) is 5.91 Å². The van der Waals surface area contributed by atoms with Gasteiger partial charge in [-0.2, -0.15) is 13.2 Å². The minimum absolute atomic E-state index is 0.0934. The summed E-state index contributed by atoms with van der Waals surface area (Å²) in [5.41, 5.74) is 4.37. The van der Waals surface area contributed by atoms with Crippen molar-refractivity contribution in [2.24, 2.45) is 5.73 Å². The molecule has 0 saturated heterocycles. The van der Waals surface area contributed by atoms with Crippen molar-refractivity contribution in [3.8, 4) is 0 Å². The molecule has 0 aliphatic carbocycles. The number of nitrogens with one attached hydrogen (secondary N) is 1. The molecule has 4 nitrogen and oxygen atoms in total. The minimum atomic E-state index is -4.67. The summed E-state index contributed by atoms with van der Waals surface area (Å²) in [4.78, 5) is 23.7. The van der Waals surface area contributed by atoms with Crippen molar-refractivity contribution in [2.45, 2.75) is 18.6 Å². The Bertz CT molecular complexity index is 730. The fourth-order valence-corrected chi connectivity index (χ4v) is 2.24. The maximum Gasteiger partial charge on any atom is 0.417 e. The van der Waals surface area contributed by atoms with E-state index in [-0.39, 0.29) is 6.42 Å². The molecule has 2 amide bonds. The van der Waals surface area contributed by atoms with Crippen LogP contribution in [0.25, 0.3) is 0 Å². The molecule has 0 fully saturated rings. The molecule has 0 bridgehead atoms. The molecule has 126 valence electrons. The lowest BCUT2D eigenvalue weighted by Crippen LogP contribution is -2.46. The minimum Gasteiger partial charge on any atom is -0.368 e. The number of amides is 2. The second-order valence-corrected chi connectivity index (χ2v) is 5.16. The molecule has 0 unspecified atom stereocenters. The second kappa shape index (κ2) is 7.16. The molecule has 1 atom stereocenters. The highest BCUT2D eigenvalue weighted by molar-refractivity contribution is 5.98. The standard InChI is InChI=1S/C17H15F3N2O2/c18-17(19,20)13-9-5-4-8-12(13)16(24)22-14(15(21)23)10-11-6-2-1-3-7-11/h1-9,14H,10H2,(H2,21,23)(H,22,24)/t14-/m0/s1. The average molecular weight is 336 g/mol. The first kappa shape index (κ1) is 17.5. The van der Waals surface area contributed by atoms with E-state index in [9.17, 15) is 22.8 Å². The van der Waals surface area contributed by atoms with Gasteiger partial charge < -0.3 is 11.1 Å². The molecule has 0 aromatic heterocycles. The Morgan fingerprint density at radius 3 is 2.17 bits per heavy atom. The summed E-state index contributed by atoms with van der Waals surface area (Å²) >= 11 is 0. The van der Waals surface area contributed by atoms with Crippen molar-refractivity contribution in [2.75, 3.05) is 0 Å². The first-order valence-corrected chi connectivity index (χ1v) is 7.09. The normalized spacial score (nSPS) is 12.5. The lowest BCUT2D eigenvalue weighted by atomic mass is 10.0. The fourth-order valence-electron chi connectivity index (χ4n) is 2.24. The molecule has 0 radical (unpaired) electrons. The van der Waals surface area contributed by atoms with Crippen LogP contribution >= 0.6 is 0 Å². The summed E-state index contributed by atoms with van der Waals surface area (Å²) < 4.78 is 38.9. The van der Waals surface area contributed by atoms with Crippen molar-refractivity contribution >= 4 is 11.8 Å². The van der Waals surface area contributed by atoms with E-state index in [1.54, 1.807) is 30.3 Å². The predicted molar refractivity (Wildman–Crippen MR) is 82.0 cm³/mol. The van der Waals surface area contributed by atoms with Crippen LogP contribution < -0.4 is 11.1 Å². The molecule has 7 heteroatoms. The van der Waals surface area contributed by atoms with Crippen molar-refractivity contribution in [1.82, 2.24) is 5.32 Å². The van der Waals surface area contributed by atoms with E-state index in [2.05, 4.69) is 5.32 Å². The second-order valence-electron chi connectivity index (χ2n) is 5.16. The zero-order valence-electron chi connectivity index (χ0n) is 12.5. The lowest BCUT2D eigenvalue weighted by molar-refractivity contribution is -0.137. The number of halogens is 3. The van der Waals surface area contributed by atoms with Crippen molar-refractivity contribution in [3.63, 3.8) is 0 Å². The highest BCUT2D eigenvalue weighted by Crippen LogP contribution is 2.31. The van der Waals surface area contributed by atoms with Crippen molar-refractivity contribution in [3.05, 3.63) is 71.3 Å². The molecule has 0 heterocycles. The Kier molecular flexibility index (Phi) is 5.23. The van der Waals surface area contributed by atoms with Crippen LogP contribution in [-0.4, -0.2) is 17.9 Å². The van der Waals surface area contributed by atoms with Gasteiger partial charge in [0.05, 0.1) is 11.1 Å². The smallest absolute Gasteiger partial charge is 0.368 e. The SMILES string of the molecule is NC(=O)[C@H](Cc1ccccc1)NC(=O)c1ccccc1C(F)(F)F. The highest BCUT2D eigenvalue weighted by Gasteiger charge is 2.35. The topological polar surface area (TPSA) is 72.2 Å². The van der Waals surface area contributed by atoms with Crippen LogP contribution in [0.2, 0.25) is 0 Å². The van der Waals surface area contributed by atoms with Crippen LogP contribution in [0.1, 0.15) is 21.5 Å². The molecular formula is C17H15F3N2O2. The summed E-state index contributed by atoms with van der Waals surface area (Å²) in [5.74, 6) is -1.82.